The number of rotatable bonds is 6. The topological polar surface area (TPSA) is 80.3 Å². The Labute approximate surface area is 135 Å². The quantitative estimate of drug-likeness (QED) is 0.747. The summed E-state index contributed by atoms with van der Waals surface area (Å²) < 4.78 is 16.4. The first-order valence-electron chi connectivity index (χ1n) is 7.83. The molecular weight excluding hydrogens is 300 g/mol. The van der Waals surface area contributed by atoms with Crippen LogP contribution in [0.2, 0.25) is 0 Å². The monoisotopic (exact) mass is 322 g/mol. The van der Waals surface area contributed by atoms with Crippen molar-refractivity contribution in [3.05, 3.63) is 17.7 Å². The van der Waals surface area contributed by atoms with Crippen molar-refractivity contribution in [3.63, 3.8) is 0 Å². The molecule has 2 heterocycles. The Morgan fingerprint density at radius 1 is 1.35 bits per heavy atom. The molecule has 2 aliphatic heterocycles. The third kappa shape index (κ3) is 3.57. The van der Waals surface area contributed by atoms with Crippen molar-refractivity contribution in [1.82, 2.24) is 4.90 Å². The lowest BCUT2D eigenvalue weighted by atomic mass is 10.1. The van der Waals surface area contributed by atoms with E-state index in [-0.39, 0.29) is 5.78 Å². The first-order chi connectivity index (χ1) is 11.2. The predicted octanol–water partition coefficient (Wildman–Crippen LogP) is 0.723. The summed E-state index contributed by atoms with van der Waals surface area (Å²) in [4.78, 5) is 14.2. The molecule has 0 saturated carbocycles. The highest BCUT2D eigenvalue weighted by Gasteiger charge is 2.30. The van der Waals surface area contributed by atoms with Gasteiger partial charge in [0.25, 0.3) is 0 Å². The molecule has 0 aromatic heterocycles. The van der Waals surface area contributed by atoms with Gasteiger partial charge in [0, 0.05) is 31.3 Å². The fourth-order valence-corrected chi connectivity index (χ4v) is 2.81. The lowest BCUT2D eigenvalue weighted by Crippen LogP contribution is -2.37. The molecule has 1 aromatic rings. The fourth-order valence-electron chi connectivity index (χ4n) is 2.81. The minimum atomic E-state index is -1.19. The van der Waals surface area contributed by atoms with Crippen LogP contribution in [0.25, 0.3) is 0 Å². The van der Waals surface area contributed by atoms with Crippen LogP contribution < -0.4 is 14.8 Å². The molecule has 0 spiro atoms. The molecule has 1 fully saturated rings. The third-order valence-electron chi connectivity index (χ3n) is 4.09. The molecule has 2 aliphatic rings. The fraction of sp³-hybridized carbons (Fsp3) is 0.562. The molecule has 1 saturated heterocycles. The van der Waals surface area contributed by atoms with Crippen molar-refractivity contribution in [1.29, 1.82) is 0 Å². The average Bonchev–Trinajstić information content (AvgIpc) is 2.86. The van der Waals surface area contributed by atoms with E-state index >= 15 is 0 Å². The summed E-state index contributed by atoms with van der Waals surface area (Å²) in [6, 6.07) is 3.31. The van der Waals surface area contributed by atoms with Crippen LogP contribution in [0.15, 0.2) is 12.1 Å². The van der Waals surface area contributed by atoms with Gasteiger partial charge in [0.15, 0.2) is 17.7 Å². The highest BCUT2D eigenvalue weighted by molar-refractivity contribution is 6.10. The maximum Gasteiger partial charge on any atom is 0.214 e. The molecule has 1 atom stereocenters. The van der Waals surface area contributed by atoms with Crippen LogP contribution in [0.4, 0.5) is 5.69 Å². The number of Topliss-reactive ketones (excluding diaryl/α,β-unsaturated/α-hetero) is 1. The largest absolute Gasteiger partial charge is 0.493 e. The Hall–Kier alpha value is -1.83. The average molecular weight is 322 g/mol. The molecule has 0 radical (unpaired) electrons. The standard InChI is InChI=1S/C16H22N2O5/c1-21-13-10-12-11(15(19)16(20)17-12)9-14(13)23-6-2-3-18-4-7-22-8-5-18/h9-10,16-17,20H,2-8H2,1H3. The van der Waals surface area contributed by atoms with E-state index in [2.05, 4.69) is 10.2 Å². The number of hydrogen-bond acceptors (Lipinski definition) is 7. The van der Waals surface area contributed by atoms with Gasteiger partial charge in [-0.2, -0.15) is 0 Å². The van der Waals surface area contributed by atoms with E-state index in [4.69, 9.17) is 14.2 Å². The third-order valence-corrected chi connectivity index (χ3v) is 4.09. The molecule has 2 N–H and O–H groups in total. The Balaban J connectivity index is 1.58. The van der Waals surface area contributed by atoms with Crippen LogP contribution >= 0.6 is 0 Å². The van der Waals surface area contributed by atoms with Crippen molar-refractivity contribution in [2.75, 3.05) is 51.9 Å². The molecule has 7 nitrogen and oxygen atoms in total. The highest BCUT2D eigenvalue weighted by Crippen LogP contribution is 2.37. The second-order valence-electron chi connectivity index (χ2n) is 5.62. The van der Waals surface area contributed by atoms with Crippen LogP contribution in [0, 0.1) is 0 Å². The van der Waals surface area contributed by atoms with Gasteiger partial charge < -0.3 is 24.6 Å². The van der Waals surface area contributed by atoms with Crippen molar-refractivity contribution in [2.24, 2.45) is 0 Å². The van der Waals surface area contributed by atoms with Gasteiger partial charge in [-0.25, -0.2) is 0 Å². The van der Waals surface area contributed by atoms with E-state index < -0.39 is 6.23 Å². The van der Waals surface area contributed by atoms with Crippen molar-refractivity contribution in [2.45, 2.75) is 12.6 Å². The number of nitrogens with one attached hydrogen (secondary N) is 1. The number of methoxy groups -OCH3 is 1. The summed E-state index contributed by atoms with van der Waals surface area (Å²) in [5, 5.41) is 12.3. The second kappa shape index (κ2) is 7.16. The van der Waals surface area contributed by atoms with Gasteiger partial charge in [0.2, 0.25) is 5.78 Å². The Bertz CT molecular complexity index is 572. The van der Waals surface area contributed by atoms with E-state index in [1.807, 2.05) is 0 Å². The van der Waals surface area contributed by atoms with Crippen molar-refractivity contribution >= 4 is 11.5 Å². The molecular formula is C16H22N2O5. The van der Waals surface area contributed by atoms with Crippen LogP contribution in [-0.2, 0) is 4.74 Å². The number of hydrogen-bond donors (Lipinski definition) is 2. The molecule has 1 unspecified atom stereocenters. The molecule has 3 rings (SSSR count). The van der Waals surface area contributed by atoms with E-state index in [0.29, 0.717) is 29.4 Å². The summed E-state index contributed by atoms with van der Waals surface area (Å²) in [5.74, 6) is 0.725. The van der Waals surface area contributed by atoms with E-state index in [1.54, 1.807) is 19.2 Å². The minimum Gasteiger partial charge on any atom is -0.493 e. The molecule has 0 bridgehead atoms. The zero-order valence-electron chi connectivity index (χ0n) is 13.2. The first-order valence-corrected chi connectivity index (χ1v) is 7.83. The Morgan fingerprint density at radius 3 is 2.87 bits per heavy atom. The lowest BCUT2D eigenvalue weighted by Gasteiger charge is -2.26. The summed E-state index contributed by atoms with van der Waals surface area (Å²) in [7, 11) is 1.55. The molecule has 23 heavy (non-hydrogen) atoms. The van der Waals surface area contributed by atoms with Gasteiger partial charge in [-0.05, 0) is 12.5 Å². The lowest BCUT2D eigenvalue weighted by molar-refractivity contribution is 0.0357. The first kappa shape index (κ1) is 16.0. The van der Waals surface area contributed by atoms with Gasteiger partial charge in [0.05, 0.1) is 32.6 Å². The highest BCUT2D eigenvalue weighted by atomic mass is 16.5. The zero-order valence-corrected chi connectivity index (χ0v) is 13.2. The number of morpholine rings is 1. The number of carbonyl (C=O) groups excluding carboxylic acids is 1. The maximum atomic E-state index is 11.9. The number of aliphatic hydroxyl groups is 1. The normalized spacial score (nSPS) is 21.0. The Morgan fingerprint density at radius 2 is 2.13 bits per heavy atom. The van der Waals surface area contributed by atoms with Crippen molar-refractivity contribution < 1.29 is 24.1 Å². The molecule has 126 valence electrons. The van der Waals surface area contributed by atoms with Crippen LogP contribution in [0.1, 0.15) is 16.8 Å². The summed E-state index contributed by atoms with van der Waals surface area (Å²) in [5.41, 5.74) is 1.00. The number of aliphatic hydroxyl groups excluding tert-OH is 1. The predicted molar refractivity (Wildman–Crippen MR) is 84.3 cm³/mol. The molecule has 7 heteroatoms. The van der Waals surface area contributed by atoms with Gasteiger partial charge in [0.1, 0.15) is 0 Å². The van der Waals surface area contributed by atoms with Crippen LogP contribution in [0.5, 0.6) is 11.5 Å². The number of nitrogens with zero attached hydrogens (tertiary/aromatic N) is 1. The van der Waals surface area contributed by atoms with Gasteiger partial charge >= 0.3 is 0 Å². The molecule has 0 aliphatic carbocycles. The molecule has 1 aromatic carbocycles. The second-order valence-corrected chi connectivity index (χ2v) is 5.62. The zero-order chi connectivity index (χ0) is 16.2. The van der Waals surface area contributed by atoms with Gasteiger partial charge in [-0.1, -0.05) is 0 Å². The Kier molecular flexibility index (Phi) is 5.00. The molecule has 0 amide bonds. The van der Waals surface area contributed by atoms with Crippen LogP contribution in [-0.4, -0.2) is 68.6 Å². The smallest absolute Gasteiger partial charge is 0.214 e. The minimum absolute atomic E-state index is 0.346. The maximum absolute atomic E-state index is 11.9. The number of anilines is 1. The number of benzene rings is 1. The van der Waals surface area contributed by atoms with E-state index in [1.165, 1.54) is 0 Å². The summed E-state index contributed by atoms with van der Waals surface area (Å²) >= 11 is 0. The van der Waals surface area contributed by atoms with E-state index in [9.17, 15) is 9.90 Å². The number of ketones is 1. The summed E-state index contributed by atoms with van der Waals surface area (Å²) in [6.45, 7) is 4.99. The number of fused-ring (bicyclic) bond motifs is 1. The summed E-state index contributed by atoms with van der Waals surface area (Å²) in [6.07, 6.45) is -0.305. The van der Waals surface area contributed by atoms with Crippen LogP contribution in [0.3, 0.4) is 0 Å². The number of carbonyl (C=O) groups is 1. The van der Waals surface area contributed by atoms with Gasteiger partial charge in [-0.3, -0.25) is 9.69 Å². The van der Waals surface area contributed by atoms with Gasteiger partial charge in [-0.15, -0.1) is 0 Å². The van der Waals surface area contributed by atoms with Crippen molar-refractivity contribution in [3.8, 4) is 11.5 Å². The van der Waals surface area contributed by atoms with E-state index in [0.717, 1.165) is 39.3 Å². The number of ether oxygens (including phenoxy) is 3. The SMILES string of the molecule is COc1cc2c(cc1OCCCN1CCOCC1)C(=O)C(O)N2.